The number of carbonyl (C=O) groups is 1. The summed E-state index contributed by atoms with van der Waals surface area (Å²) < 4.78 is 3.18. The van der Waals surface area contributed by atoms with Crippen molar-refractivity contribution < 1.29 is 4.79 Å². The van der Waals surface area contributed by atoms with Gasteiger partial charge in [0.2, 0.25) is 5.91 Å². The molecule has 4 rings (SSSR count). The smallest absolute Gasteiger partial charge is 0.224 e. The molecule has 1 aliphatic rings. The van der Waals surface area contributed by atoms with Crippen LogP contribution in [0.2, 0.25) is 0 Å². The summed E-state index contributed by atoms with van der Waals surface area (Å²) >= 11 is 3.54. The van der Waals surface area contributed by atoms with Crippen LogP contribution in [0.1, 0.15) is 35.2 Å². The van der Waals surface area contributed by atoms with E-state index in [4.69, 9.17) is 5.26 Å². The number of nitriles is 1. The van der Waals surface area contributed by atoms with Crippen molar-refractivity contribution in [3.8, 4) is 6.07 Å². The monoisotopic (exact) mass is 505 g/mol. The molecule has 1 atom stereocenters. The molecule has 0 spiro atoms. The second kappa shape index (κ2) is 11.3. The Morgan fingerprint density at radius 3 is 2.82 bits per heavy atom. The molecule has 3 aromatic rings. The molecule has 0 bridgehead atoms. The summed E-state index contributed by atoms with van der Waals surface area (Å²) in [7, 11) is 0. The molecule has 1 aromatic heterocycles. The van der Waals surface area contributed by atoms with Gasteiger partial charge in [0, 0.05) is 49.0 Å². The summed E-state index contributed by atoms with van der Waals surface area (Å²) in [6.45, 7) is 4.00. The minimum atomic E-state index is 0.0365. The van der Waals surface area contributed by atoms with Crippen LogP contribution in [0.15, 0.2) is 65.5 Å². The van der Waals surface area contributed by atoms with Crippen LogP contribution in [0.4, 0.5) is 0 Å². The van der Waals surface area contributed by atoms with Crippen LogP contribution in [0, 0.1) is 17.2 Å². The van der Waals surface area contributed by atoms with Crippen molar-refractivity contribution in [1.82, 2.24) is 19.8 Å². The SMILES string of the molecule is N#Cc1ccc(Cn2cncc2CCNC(=O)C2CCCN(Cc3cccc(Br)c3)C2)cc1. The van der Waals surface area contributed by atoms with Crippen LogP contribution in [0.25, 0.3) is 0 Å². The van der Waals surface area contributed by atoms with Gasteiger partial charge in [-0.15, -0.1) is 0 Å². The Morgan fingerprint density at radius 1 is 1.18 bits per heavy atom. The number of hydrogen-bond acceptors (Lipinski definition) is 4. The molecule has 1 N–H and O–H groups in total. The average Bonchev–Trinajstić information content (AvgIpc) is 3.26. The van der Waals surface area contributed by atoms with E-state index in [1.807, 2.05) is 42.9 Å². The first-order valence-electron chi connectivity index (χ1n) is 11.3. The van der Waals surface area contributed by atoms with Gasteiger partial charge in [0.15, 0.2) is 0 Å². The molecular formula is C26H28BrN5O. The van der Waals surface area contributed by atoms with Crippen LogP contribution in [-0.4, -0.2) is 40.0 Å². The fourth-order valence-corrected chi connectivity index (χ4v) is 4.79. The van der Waals surface area contributed by atoms with Crippen molar-refractivity contribution >= 4 is 21.8 Å². The zero-order valence-corrected chi connectivity index (χ0v) is 20.2. The first-order chi connectivity index (χ1) is 16.1. The predicted molar refractivity (Wildman–Crippen MR) is 131 cm³/mol. The Labute approximate surface area is 203 Å². The maximum atomic E-state index is 12.8. The number of amides is 1. The van der Waals surface area contributed by atoms with Crippen molar-refractivity contribution in [2.45, 2.75) is 32.4 Å². The van der Waals surface area contributed by atoms with E-state index in [1.165, 1.54) is 5.56 Å². The Hall–Kier alpha value is -2.95. The third kappa shape index (κ3) is 6.53. The van der Waals surface area contributed by atoms with E-state index in [1.54, 1.807) is 0 Å². The molecular weight excluding hydrogens is 478 g/mol. The minimum Gasteiger partial charge on any atom is -0.355 e. The van der Waals surface area contributed by atoms with Gasteiger partial charge in [0.1, 0.15) is 0 Å². The molecule has 1 aliphatic heterocycles. The van der Waals surface area contributed by atoms with Crippen LogP contribution >= 0.6 is 15.9 Å². The number of halogens is 1. The first-order valence-corrected chi connectivity index (χ1v) is 12.1. The van der Waals surface area contributed by atoms with Gasteiger partial charge in [-0.05, 0) is 54.8 Å². The van der Waals surface area contributed by atoms with Crippen molar-refractivity contribution in [2.24, 2.45) is 5.92 Å². The number of nitrogens with zero attached hydrogens (tertiary/aromatic N) is 4. The summed E-state index contributed by atoms with van der Waals surface area (Å²) in [5, 5.41) is 12.1. The molecule has 0 saturated carbocycles. The van der Waals surface area contributed by atoms with Gasteiger partial charge in [-0.3, -0.25) is 9.69 Å². The third-order valence-corrected chi connectivity index (χ3v) is 6.58. The Kier molecular flexibility index (Phi) is 7.92. The second-order valence-electron chi connectivity index (χ2n) is 8.57. The Morgan fingerprint density at radius 2 is 2.03 bits per heavy atom. The van der Waals surface area contributed by atoms with E-state index in [0.717, 1.165) is 54.6 Å². The van der Waals surface area contributed by atoms with Crippen LogP contribution in [-0.2, 0) is 24.3 Å². The number of nitrogens with one attached hydrogen (secondary N) is 1. The quantitative estimate of drug-likeness (QED) is 0.499. The maximum absolute atomic E-state index is 12.8. The summed E-state index contributed by atoms with van der Waals surface area (Å²) in [5.74, 6) is 0.182. The molecule has 1 amide bonds. The molecule has 6 nitrogen and oxygen atoms in total. The molecule has 7 heteroatoms. The maximum Gasteiger partial charge on any atom is 0.224 e. The summed E-state index contributed by atoms with van der Waals surface area (Å²) in [5.41, 5.74) is 4.12. The molecule has 1 fully saturated rings. The Bertz CT molecular complexity index is 1120. The number of likely N-dealkylation sites (tertiary alicyclic amines) is 1. The highest BCUT2D eigenvalue weighted by atomic mass is 79.9. The van der Waals surface area contributed by atoms with Crippen molar-refractivity contribution in [3.05, 3.63) is 87.9 Å². The topological polar surface area (TPSA) is 74.0 Å². The molecule has 2 heterocycles. The molecule has 1 unspecified atom stereocenters. The number of hydrogen-bond donors (Lipinski definition) is 1. The van der Waals surface area contributed by atoms with E-state index >= 15 is 0 Å². The van der Waals surface area contributed by atoms with Gasteiger partial charge >= 0.3 is 0 Å². The number of imidazole rings is 1. The second-order valence-corrected chi connectivity index (χ2v) is 9.48. The fraction of sp³-hybridized carbons (Fsp3) is 0.346. The van der Waals surface area contributed by atoms with Crippen LogP contribution in [0.5, 0.6) is 0 Å². The number of benzene rings is 2. The van der Waals surface area contributed by atoms with Gasteiger partial charge in [-0.25, -0.2) is 4.98 Å². The first kappa shape index (κ1) is 23.2. The van der Waals surface area contributed by atoms with Crippen LogP contribution < -0.4 is 5.32 Å². The third-order valence-electron chi connectivity index (χ3n) is 6.09. The zero-order chi connectivity index (χ0) is 23.0. The summed E-state index contributed by atoms with van der Waals surface area (Å²) in [6, 6.07) is 18.1. The lowest BCUT2D eigenvalue weighted by Crippen LogP contribution is -2.43. The van der Waals surface area contributed by atoms with E-state index in [2.05, 4.69) is 60.0 Å². The van der Waals surface area contributed by atoms with E-state index in [9.17, 15) is 4.79 Å². The van der Waals surface area contributed by atoms with Gasteiger partial charge in [-0.1, -0.05) is 40.2 Å². The summed E-state index contributed by atoms with van der Waals surface area (Å²) in [4.78, 5) is 19.5. The predicted octanol–water partition coefficient (Wildman–Crippen LogP) is 4.14. The van der Waals surface area contributed by atoms with Gasteiger partial charge in [-0.2, -0.15) is 5.26 Å². The lowest BCUT2D eigenvalue weighted by molar-refractivity contribution is -0.126. The molecule has 0 radical (unpaired) electrons. The Balaban J connectivity index is 1.25. The standard InChI is InChI=1S/C26H28BrN5O/c27-24-5-1-3-22(13-24)16-31-12-2-4-23(18-31)26(33)30-11-10-25-15-29-19-32(25)17-21-8-6-20(14-28)7-9-21/h1,3,5-9,13,15,19,23H,2,4,10-12,16-18H2,(H,30,33). The van der Waals surface area contributed by atoms with E-state index < -0.39 is 0 Å². The molecule has 1 saturated heterocycles. The molecule has 2 aromatic carbocycles. The van der Waals surface area contributed by atoms with Gasteiger partial charge in [0.25, 0.3) is 0 Å². The minimum absolute atomic E-state index is 0.0365. The lowest BCUT2D eigenvalue weighted by atomic mass is 9.96. The lowest BCUT2D eigenvalue weighted by Gasteiger charge is -2.32. The molecule has 170 valence electrons. The average molecular weight is 506 g/mol. The highest BCUT2D eigenvalue weighted by Gasteiger charge is 2.25. The van der Waals surface area contributed by atoms with E-state index in [-0.39, 0.29) is 11.8 Å². The number of carbonyl (C=O) groups excluding carboxylic acids is 1. The normalized spacial score (nSPS) is 16.3. The highest BCUT2D eigenvalue weighted by Crippen LogP contribution is 2.20. The summed E-state index contributed by atoms with van der Waals surface area (Å²) in [6.07, 6.45) is 6.39. The largest absolute Gasteiger partial charge is 0.355 e. The van der Waals surface area contributed by atoms with Gasteiger partial charge < -0.3 is 9.88 Å². The molecule has 0 aliphatic carbocycles. The number of piperidine rings is 1. The van der Waals surface area contributed by atoms with Crippen LogP contribution in [0.3, 0.4) is 0 Å². The van der Waals surface area contributed by atoms with E-state index in [0.29, 0.717) is 18.7 Å². The number of rotatable bonds is 8. The van der Waals surface area contributed by atoms with Gasteiger partial charge in [0.05, 0.1) is 23.9 Å². The van der Waals surface area contributed by atoms with Crippen molar-refractivity contribution in [3.63, 3.8) is 0 Å². The van der Waals surface area contributed by atoms with Crippen molar-refractivity contribution in [2.75, 3.05) is 19.6 Å². The molecule has 33 heavy (non-hydrogen) atoms. The fourth-order valence-electron chi connectivity index (χ4n) is 4.34. The zero-order valence-electron chi connectivity index (χ0n) is 18.6. The van der Waals surface area contributed by atoms with Crippen molar-refractivity contribution in [1.29, 1.82) is 5.26 Å². The number of aromatic nitrogens is 2. The highest BCUT2D eigenvalue weighted by molar-refractivity contribution is 9.10.